The molecule has 23 heavy (non-hydrogen) atoms. The van der Waals surface area contributed by atoms with Crippen LogP contribution in [0.3, 0.4) is 0 Å². The van der Waals surface area contributed by atoms with Gasteiger partial charge in [-0.25, -0.2) is 0 Å². The van der Waals surface area contributed by atoms with Gasteiger partial charge in [-0.05, 0) is 37.5 Å². The van der Waals surface area contributed by atoms with Gasteiger partial charge in [0.2, 0.25) is 5.91 Å². The maximum Gasteiger partial charge on any atom is 0.227 e. The van der Waals surface area contributed by atoms with Crippen molar-refractivity contribution in [3.05, 3.63) is 18.2 Å². The second-order valence-corrected chi connectivity index (χ2v) is 6.79. The number of anilines is 1. The standard InChI is InChI=1S/C18H26N2O3/c1-22-15-8-14(9-16(10-15)23-2)20-18(21)13-6-11-4-3-5-12(7-13)17(11)19/h8-13,17H,3-7,19H2,1-2H3,(H,20,21). The first kappa shape index (κ1) is 16.1. The average molecular weight is 318 g/mol. The molecule has 2 saturated carbocycles. The molecule has 1 aromatic rings. The van der Waals surface area contributed by atoms with Crippen molar-refractivity contribution in [3.63, 3.8) is 0 Å². The smallest absolute Gasteiger partial charge is 0.227 e. The molecule has 2 atom stereocenters. The Balaban J connectivity index is 1.70. The quantitative estimate of drug-likeness (QED) is 0.895. The normalized spacial score (nSPS) is 29.7. The van der Waals surface area contributed by atoms with Crippen LogP contribution in [0.15, 0.2) is 18.2 Å². The van der Waals surface area contributed by atoms with Crippen molar-refractivity contribution >= 4 is 11.6 Å². The van der Waals surface area contributed by atoms with Crippen LogP contribution in [0, 0.1) is 17.8 Å². The summed E-state index contributed by atoms with van der Waals surface area (Å²) in [6.07, 6.45) is 5.39. The largest absolute Gasteiger partial charge is 0.497 e. The van der Waals surface area contributed by atoms with E-state index in [1.807, 2.05) is 12.1 Å². The third-order valence-corrected chi connectivity index (χ3v) is 5.40. The summed E-state index contributed by atoms with van der Waals surface area (Å²) in [7, 11) is 3.20. The van der Waals surface area contributed by atoms with E-state index in [0.29, 0.717) is 29.0 Å². The summed E-state index contributed by atoms with van der Waals surface area (Å²) < 4.78 is 10.5. The van der Waals surface area contributed by atoms with Crippen LogP contribution in [-0.2, 0) is 4.79 Å². The molecular formula is C18H26N2O3. The predicted octanol–water partition coefficient (Wildman–Crippen LogP) is 2.80. The van der Waals surface area contributed by atoms with Gasteiger partial charge in [-0.1, -0.05) is 6.42 Å². The first-order valence-corrected chi connectivity index (χ1v) is 8.40. The monoisotopic (exact) mass is 318 g/mol. The molecule has 2 aliphatic rings. The van der Waals surface area contributed by atoms with E-state index in [2.05, 4.69) is 5.32 Å². The fraction of sp³-hybridized carbons (Fsp3) is 0.611. The molecule has 3 rings (SSSR count). The highest BCUT2D eigenvalue weighted by atomic mass is 16.5. The molecule has 0 spiro atoms. The minimum Gasteiger partial charge on any atom is -0.497 e. The number of hydrogen-bond donors (Lipinski definition) is 2. The SMILES string of the molecule is COc1cc(NC(=O)C2CC3CCCC(C2)C3N)cc(OC)c1. The summed E-state index contributed by atoms with van der Waals surface area (Å²) >= 11 is 0. The zero-order chi connectivity index (χ0) is 16.4. The molecule has 2 bridgehead atoms. The molecular weight excluding hydrogens is 292 g/mol. The first-order valence-electron chi connectivity index (χ1n) is 8.40. The lowest BCUT2D eigenvalue weighted by atomic mass is 9.65. The van der Waals surface area contributed by atoms with Crippen molar-refractivity contribution in [1.29, 1.82) is 0 Å². The summed E-state index contributed by atoms with van der Waals surface area (Å²) in [6.45, 7) is 0. The van der Waals surface area contributed by atoms with E-state index in [9.17, 15) is 4.79 Å². The molecule has 5 nitrogen and oxygen atoms in total. The molecule has 2 aliphatic carbocycles. The van der Waals surface area contributed by atoms with Gasteiger partial charge in [0.1, 0.15) is 11.5 Å². The van der Waals surface area contributed by atoms with Crippen molar-refractivity contribution < 1.29 is 14.3 Å². The fourth-order valence-corrected chi connectivity index (χ4v) is 4.13. The van der Waals surface area contributed by atoms with Crippen LogP contribution in [0.25, 0.3) is 0 Å². The molecule has 0 radical (unpaired) electrons. The van der Waals surface area contributed by atoms with Gasteiger partial charge in [-0.3, -0.25) is 4.79 Å². The Morgan fingerprint density at radius 3 is 2.17 bits per heavy atom. The number of amides is 1. The lowest BCUT2D eigenvalue weighted by Gasteiger charge is -2.43. The molecule has 0 aliphatic heterocycles. The molecule has 0 heterocycles. The van der Waals surface area contributed by atoms with Crippen molar-refractivity contribution in [2.75, 3.05) is 19.5 Å². The number of carbonyl (C=O) groups is 1. The molecule has 2 fully saturated rings. The van der Waals surface area contributed by atoms with Crippen LogP contribution in [0.1, 0.15) is 32.1 Å². The van der Waals surface area contributed by atoms with Gasteiger partial charge < -0.3 is 20.5 Å². The molecule has 0 saturated heterocycles. The van der Waals surface area contributed by atoms with Gasteiger partial charge in [0.25, 0.3) is 0 Å². The van der Waals surface area contributed by atoms with Gasteiger partial charge in [0.05, 0.1) is 14.2 Å². The number of benzene rings is 1. The minimum atomic E-state index is 0.0577. The van der Waals surface area contributed by atoms with Crippen molar-refractivity contribution in [2.24, 2.45) is 23.5 Å². The Morgan fingerprint density at radius 1 is 1.09 bits per heavy atom. The Morgan fingerprint density at radius 2 is 1.65 bits per heavy atom. The Bertz CT molecular complexity index is 539. The number of ether oxygens (including phenoxy) is 2. The summed E-state index contributed by atoms with van der Waals surface area (Å²) in [5.74, 6) is 2.48. The molecule has 0 aromatic heterocycles. The summed E-state index contributed by atoms with van der Waals surface area (Å²) in [5.41, 5.74) is 7.02. The second kappa shape index (κ2) is 6.79. The van der Waals surface area contributed by atoms with Crippen LogP contribution >= 0.6 is 0 Å². The van der Waals surface area contributed by atoms with Gasteiger partial charge >= 0.3 is 0 Å². The fourth-order valence-electron chi connectivity index (χ4n) is 4.13. The number of hydrogen-bond acceptors (Lipinski definition) is 4. The number of rotatable bonds is 4. The van der Waals surface area contributed by atoms with Crippen LogP contribution in [0.5, 0.6) is 11.5 Å². The highest BCUT2D eigenvalue weighted by Crippen LogP contribution is 2.42. The van der Waals surface area contributed by atoms with Crippen molar-refractivity contribution in [3.8, 4) is 11.5 Å². The van der Waals surface area contributed by atoms with Crippen LogP contribution in [0.4, 0.5) is 5.69 Å². The van der Waals surface area contributed by atoms with E-state index in [1.54, 1.807) is 20.3 Å². The molecule has 2 unspecified atom stereocenters. The molecule has 1 amide bonds. The van der Waals surface area contributed by atoms with Crippen LogP contribution < -0.4 is 20.5 Å². The number of fused-ring (bicyclic) bond motifs is 2. The topological polar surface area (TPSA) is 73.6 Å². The highest BCUT2D eigenvalue weighted by Gasteiger charge is 2.40. The average Bonchev–Trinajstić information content (AvgIpc) is 2.54. The number of nitrogens with two attached hydrogens (primary N) is 1. The first-order chi connectivity index (χ1) is 11.1. The zero-order valence-electron chi connectivity index (χ0n) is 13.9. The van der Waals surface area contributed by atoms with E-state index in [0.717, 1.165) is 25.7 Å². The summed E-state index contributed by atoms with van der Waals surface area (Å²) in [5, 5.41) is 3.03. The van der Waals surface area contributed by atoms with E-state index in [4.69, 9.17) is 15.2 Å². The van der Waals surface area contributed by atoms with Crippen molar-refractivity contribution in [2.45, 2.75) is 38.1 Å². The Labute approximate surface area is 137 Å². The maximum atomic E-state index is 12.7. The Kier molecular flexibility index (Phi) is 4.76. The van der Waals surface area contributed by atoms with Gasteiger partial charge in [-0.15, -0.1) is 0 Å². The molecule has 3 N–H and O–H groups in total. The summed E-state index contributed by atoms with van der Waals surface area (Å²) in [4.78, 5) is 12.7. The van der Waals surface area contributed by atoms with Crippen LogP contribution in [0.2, 0.25) is 0 Å². The van der Waals surface area contributed by atoms with Gasteiger partial charge in [0.15, 0.2) is 0 Å². The Hall–Kier alpha value is -1.75. The maximum absolute atomic E-state index is 12.7. The van der Waals surface area contributed by atoms with E-state index in [1.165, 1.54) is 6.42 Å². The molecule has 126 valence electrons. The van der Waals surface area contributed by atoms with Gasteiger partial charge in [-0.2, -0.15) is 0 Å². The summed E-state index contributed by atoms with van der Waals surface area (Å²) in [6, 6.07) is 5.70. The molecule has 5 heteroatoms. The van der Waals surface area contributed by atoms with Gasteiger partial charge in [0, 0.05) is 35.8 Å². The minimum absolute atomic E-state index is 0.0577. The second-order valence-electron chi connectivity index (χ2n) is 6.79. The lowest BCUT2D eigenvalue weighted by molar-refractivity contribution is -0.122. The third kappa shape index (κ3) is 3.44. The van der Waals surface area contributed by atoms with E-state index >= 15 is 0 Å². The highest BCUT2D eigenvalue weighted by molar-refractivity contribution is 5.93. The number of methoxy groups -OCH3 is 2. The zero-order valence-corrected chi connectivity index (χ0v) is 13.9. The number of nitrogens with one attached hydrogen (secondary N) is 1. The van der Waals surface area contributed by atoms with E-state index in [-0.39, 0.29) is 17.9 Å². The number of carbonyl (C=O) groups excluding carboxylic acids is 1. The van der Waals surface area contributed by atoms with Crippen molar-refractivity contribution in [1.82, 2.24) is 0 Å². The molecule has 1 aromatic carbocycles. The van der Waals surface area contributed by atoms with Crippen LogP contribution in [-0.4, -0.2) is 26.2 Å². The third-order valence-electron chi connectivity index (χ3n) is 5.40. The predicted molar refractivity (Wildman–Crippen MR) is 89.7 cm³/mol. The lowest BCUT2D eigenvalue weighted by Crippen LogP contribution is -2.48. The van der Waals surface area contributed by atoms with E-state index < -0.39 is 0 Å².